The Hall–Kier alpha value is -3.00. The first-order valence-corrected chi connectivity index (χ1v) is 8.59. The number of rotatable bonds is 6. The summed E-state index contributed by atoms with van der Waals surface area (Å²) in [4.78, 5) is 12.3. The zero-order chi connectivity index (χ0) is 17.5. The first-order valence-electron chi connectivity index (χ1n) is 8.59. The fourth-order valence-electron chi connectivity index (χ4n) is 2.73. The SMILES string of the molecule is CCc1ccc(C(=O)/C=C/[n+]2cccc(Cc3ccccc3)c2)cc1. The average Bonchev–Trinajstić information content (AvgIpc) is 2.67. The molecule has 3 aromatic rings. The second-order valence-electron chi connectivity index (χ2n) is 6.05. The molecule has 2 nitrogen and oxygen atoms in total. The zero-order valence-electron chi connectivity index (χ0n) is 14.4. The molecule has 0 unspecified atom stereocenters. The molecule has 0 aliphatic heterocycles. The average molecular weight is 328 g/mol. The fraction of sp³-hybridized carbons (Fsp3) is 0.130. The van der Waals surface area contributed by atoms with E-state index in [2.05, 4.69) is 43.5 Å². The summed E-state index contributed by atoms with van der Waals surface area (Å²) < 4.78 is 1.93. The lowest BCUT2D eigenvalue weighted by Gasteiger charge is -2.00. The number of pyridine rings is 1. The van der Waals surface area contributed by atoms with Crippen LogP contribution in [0.15, 0.2) is 85.2 Å². The van der Waals surface area contributed by atoms with Crippen molar-refractivity contribution in [3.05, 3.63) is 107 Å². The van der Waals surface area contributed by atoms with Crippen LogP contribution in [0.3, 0.4) is 0 Å². The summed E-state index contributed by atoms with van der Waals surface area (Å²) in [6.45, 7) is 2.11. The smallest absolute Gasteiger partial charge is 0.191 e. The maximum Gasteiger partial charge on any atom is 0.191 e. The lowest BCUT2D eigenvalue weighted by atomic mass is 10.1. The van der Waals surface area contributed by atoms with E-state index in [0.29, 0.717) is 0 Å². The van der Waals surface area contributed by atoms with Crippen LogP contribution in [-0.4, -0.2) is 5.78 Å². The van der Waals surface area contributed by atoms with Crippen molar-refractivity contribution < 1.29 is 9.36 Å². The van der Waals surface area contributed by atoms with Gasteiger partial charge in [0, 0.05) is 23.6 Å². The third-order valence-electron chi connectivity index (χ3n) is 4.18. The molecule has 1 aromatic heterocycles. The van der Waals surface area contributed by atoms with Crippen molar-refractivity contribution in [2.45, 2.75) is 19.8 Å². The number of allylic oxidation sites excluding steroid dienone is 1. The summed E-state index contributed by atoms with van der Waals surface area (Å²) in [6, 6.07) is 22.3. The summed E-state index contributed by atoms with van der Waals surface area (Å²) in [6.07, 6.45) is 9.28. The monoisotopic (exact) mass is 328 g/mol. The Morgan fingerprint density at radius 3 is 2.32 bits per heavy atom. The lowest BCUT2D eigenvalue weighted by Crippen LogP contribution is -2.25. The maximum absolute atomic E-state index is 12.3. The molecule has 0 saturated carbocycles. The van der Waals surface area contributed by atoms with E-state index in [0.717, 1.165) is 18.4 Å². The summed E-state index contributed by atoms with van der Waals surface area (Å²) in [5.74, 6) is 0.0172. The van der Waals surface area contributed by atoms with Crippen LogP contribution in [-0.2, 0) is 12.8 Å². The van der Waals surface area contributed by atoms with Crippen LogP contribution in [0.5, 0.6) is 0 Å². The van der Waals surface area contributed by atoms with Gasteiger partial charge in [0.15, 0.2) is 24.4 Å². The highest BCUT2D eigenvalue weighted by Gasteiger charge is 2.05. The van der Waals surface area contributed by atoms with Gasteiger partial charge in [0.1, 0.15) is 0 Å². The normalized spacial score (nSPS) is 10.9. The van der Waals surface area contributed by atoms with Crippen LogP contribution in [0.1, 0.15) is 34.0 Å². The minimum atomic E-state index is 0.0172. The molecule has 0 bridgehead atoms. The molecular formula is C23H22NO+. The Morgan fingerprint density at radius 2 is 1.60 bits per heavy atom. The standard InChI is InChI=1S/C23H22NO/c1-2-19-10-12-22(13-11-19)23(25)14-16-24-15-6-9-21(18-24)17-20-7-4-3-5-8-20/h3-16,18H,2,17H2,1H3/q+1/b16-14+. The molecule has 2 heteroatoms. The summed E-state index contributed by atoms with van der Waals surface area (Å²) in [5.41, 5.74) is 4.44. The van der Waals surface area contributed by atoms with Gasteiger partial charge < -0.3 is 0 Å². The number of hydrogen-bond acceptors (Lipinski definition) is 1. The molecule has 3 rings (SSSR count). The summed E-state index contributed by atoms with van der Waals surface area (Å²) in [5, 5.41) is 0. The number of ketones is 1. The van der Waals surface area contributed by atoms with E-state index >= 15 is 0 Å². The largest absolute Gasteiger partial charge is 0.289 e. The van der Waals surface area contributed by atoms with Crippen LogP contribution in [0.25, 0.3) is 6.20 Å². The Kier molecular flexibility index (Phi) is 5.53. The molecule has 0 aliphatic carbocycles. The van der Waals surface area contributed by atoms with Gasteiger partial charge in [0.05, 0.1) is 6.08 Å². The number of nitrogens with zero attached hydrogens (tertiary/aromatic N) is 1. The van der Waals surface area contributed by atoms with Gasteiger partial charge in [-0.2, -0.15) is 4.57 Å². The third-order valence-corrected chi connectivity index (χ3v) is 4.18. The van der Waals surface area contributed by atoms with E-state index in [4.69, 9.17) is 0 Å². The highest BCUT2D eigenvalue weighted by molar-refractivity contribution is 6.05. The maximum atomic E-state index is 12.3. The molecule has 0 N–H and O–H groups in total. The molecular weight excluding hydrogens is 306 g/mol. The van der Waals surface area contributed by atoms with Crippen molar-refractivity contribution in [2.24, 2.45) is 0 Å². The molecule has 1 heterocycles. The molecule has 124 valence electrons. The van der Waals surface area contributed by atoms with Crippen molar-refractivity contribution >= 4 is 12.0 Å². The number of aromatic nitrogens is 1. The highest BCUT2D eigenvalue weighted by atomic mass is 16.1. The molecule has 0 radical (unpaired) electrons. The lowest BCUT2D eigenvalue weighted by molar-refractivity contribution is -0.568. The van der Waals surface area contributed by atoms with E-state index < -0.39 is 0 Å². The van der Waals surface area contributed by atoms with Crippen LogP contribution >= 0.6 is 0 Å². The molecule has 0 aliphatic rings. The minimum absolute atomic E-state index is 0.0172. The van der Waals surface area contributed by atoms with Gasteiger partial charge in [0.25, 0.3) is 0 Å². The molecule has 0 amide bonds. The molecule has 2 aromatic carbocycles. The zero-order valence-corrected chi connectivity index (χ0v) is 14.4. The van der Waals surface area contributed by atoms with Gasteiger partial charge in [-0.25, -0.2) is 0 Å². The van der Waals surface area contributed by atoms with Crippen LogP contribution in [0, 0.1) is 0 Å². The van der Waals surface area contributed by atoms with Gasteiger partial charge in [-0.15, -0.1) is 0 Å². The van der Waals surface area contributed by atoms with Crippen molar-refractivity contribution in [2.75, 3.05) is 0 Å². The van der Waals surface area contributed by atoms with Crippen LogP contribution < -0.4 is 4.57 Å². The van der Waals surface area contributed by atoms with Gasteiger partial charge in [-0.05, 0) is 23.6 Å². The Bertz CT molecular complexity index is 864. The molecule has 0 spiro atoms. The second-order valence-corrected chi connectivity index (χ2v) is 6.05. The van der Waals surface area contributed by atoms with Crippen molar-refractivity contribution in [3.63, 3.8) is 0 Å². The van der Waals surface area contributed by atoms with E-state index in [1.807, 2.05) is 53.4 Å². The predicted octanol–water partition coefficient (Wildman–Crippen LogP) is 4.48. The molecule has 0 fully saturated rings. The van der Waals surface area contributed by atoms with Gasteiger partial charge in [-0.1, -0.05) is 61.5 Å². The number of carbonyl (C=O) groups excluding carboxylic acids is 1. The Balaban J connectivity index is 1.70. The van der Waals surface area contributed by atoms with E-state index in [1.54, 1.807) is 6.08 Å². The van der Waals surface area contributed by atoms with E-state index in [9.17, 15) is 4.79 Å². The molecule has 0 atom stereocenters. The number of hydrogen-bond donors (Lipinski definition) is 0. The Morgan fingerprint density at radius 1 is 0.880 bits per heavy atom. The predicted molar refractivity (Wildman–Crippen MR) is 101 cm³/mol. The molecule has 25 heavy (non-hydrogen) atoms. The van der Waals surface area contributed by atoms with Gasteiger partial charge >= 0.3 is 0 Å². The van der Waals surface area contributed by atoms with Crippen LogP contribution in [0.4, 0.5) is 0 Å². The highest BCUT2D eigenvalue weighted by Crippen LogP contribution is 2.08. The van der Waals surface area contributed by atoms with Gasteiger partial charge in [0.2, 0.25) is 0 Å². The van der Waals surface area contributed by atoms with E-state index in [-0.39, 0.29) is 5.78 Å². The topological polar surface area (TPSA) is 20.9 Å². The van der Waals surface area contributed by atoms with Crippen molar-refractivity contribution in [3.8, 4) is 0 Å². The van der Waals surface area contributed by atoms with Gasteiger partial charge in [-0.3, -0.25) is 4.79 Å². The molecule has 0 saturated heterocycles. The summed E-state index contributed by atoms with van der Waals surface area (Å²) >= 11 is 0. The summed E-state index contributed by atoms with van der Waals surface area (Å²) in [7, 11) is 0. The van der Waals surface area contributed by atoms with E-state index in [1.165, 1.54) is 16.7 Å². The third kappa shape index (κ3) is 4.74. The van der Waals surface area contributed by atoms with Crippen molar-refractivity contribution in [1.82, 2.24) is 0 Å². The second kappa shape index (κ2) is 8.20. The quantitative estimate of drug-likeness (QED) is 0.371. The fourth-order valence-corrected chi connectivity index (χ4v) is 2.73. The first kappa shape index (κ1) is 16.8. The Labute approximate surface area is 149 Å². The number of benzene rings is 2. The number of aryl methyl sites for hydroxylation is 1. The number of carbonyl (C=O) groups is 1. The minimum Gasteiger partial charge on any atom is -0.289 e. The van der Waals surface area contributed by atoms with Crippen molar-refractivity contribution in [1.29, 1.82) is 0 Å². The first-order chi connectivity index (χ1) is 12.2. The van der Waals surface area contributed by atoms with Crippen LogP contribution in [0.2, 0.25) is 0 Å².